The van der Waals surface area contributed by atoms with Gasteiger partial charge >= 0.3 is 0 Å². The van der Waals surface area contributed by atoms with E-state index in [2.05, 4.69) is 18.0 Å². The highest BCUT2D eigenvalue weighted by Crippen LogP contribution is 2.32. The molecule has 0 spiro atoms. The zero-order valence-corrected chi connectivity index (χ0v) is 11.6. The van der Waals surface area contributed by atoms with Gasteiger partial charge in [-0.3, -0.25) is 0 Å². The van der Waals surface area contributed by atoms with Gasteiger partial charge in [0.2, 0.25) is 0 Å². The summed E-state index contributed by atoms with van der Waals surface area (Å²) in [5.41, 5.74) is 2.32. The molecule has 0 unspecified atom stereocenters. The van der Waals surface area contributed by atoms with Gasteiger partial charge in [-0.1, -0.05) is 24.2 Å². The Morgan fingerprint density at radius 1 is 1.44 bits per heavy atom. The SMILES string of the molecule is C=C(C)COc1ccc(C2CCNCC2)cc1Cl. The lowest BCUT2D eigenvalue weighted by Crippen LogP contribution is -2.26. The Balaban J connectivity index is 2.06. The lowest BCUT2D eigenvalue weighted by molar-refractivity contribution is 0.352. The molecule has 0 bridgehead atoms. The second kappa shape index (κ2) is 6.26. The number of hydrogen-bond donors (Lipinski definition) is 1. The van der Waals surface area contributed by atoms with Gasteiger partial charge in [-0.2, -0.15) is 0 Å². The molecular weight excluding hydrogens is 246 g/mol. The van der Waals surface area contributed by atoms with Gasteiger partial charge < -0.3 is 10.1 Å². The fourth-order valence-electron chi connectivity index (χ4n) is 2.24. The maximum Gasteiger partial charge on any atom is 0.138 e. The van der Waals surface area contributed by atoms with Crippen molar-refractivity contribution in [3.05, 3.63) is 40.9 Å². The average Bonchev–Trinajstić information content (AvgIpc) is 2.38. The molecule has 0 aliphatic carbocycles. The van der Waals surface area contributed by atoms with Gasteiger partial charge in [0, 0.05) is 0 Å². The number of benzene rings is 1. The van der Waals surface area contributed by atoms with Crippen LogP contribution in [0.3, 0.4) is 0 Å². The van der Waals surface area contributed by atoms with E-state index >= 15 is 0 Å². The molecule has 18 heavy (non-hydrogen) atoms. The van der Waals surface area contributed by atoms with E-state index in [9.17, 15) is 0 Å². The Bertz CT molecular complexity index is 425. The van der Waals surface area contributed by atoms with Crippen molar-refractivity contribution in [2.45, 2.75) is 25.7 Å². The summed E-state index contributed by atoms with van der Waals surface area (Å²) >= 11 is 6.26. The Hall–Kier alpha value is -0.990. The topological polar surface area (TPSA) is 21.3 Å². The highest BCUT2D eigenvalue weighted by atomic mass is 35.5. The van der Waals surface area contributed by atoms with Gasteiger partial charge in [-0.15, -0.1) is 0 Å². The normalized spacial score (nSPS) is 16.6. The summed E-state index contributed by atoms with van der Waals surface area (Å²) < 4.78 is 5.60. The first kappa shape index (κ1) is 13.4. The summed E-state index contributed by atoms with van der Waals surface area (Å²) in [5.74, 6) is 1.37. The summed E-state index contributed by atoms with van der Waals surface area (Å²) in [6.45, 7) is 8.46. The second-order valence-electron chi connectivity index (χ2n) is 4.96. The van der Waals surface area contributed by atoms with E-state index in [1.165, 1.54) is 18.4 Å². The van der Waals surface area contributed by atoms with E-state index in [1.807, 2.05) is 19.1 Å². The van der Waals surface area contributed by atoms with Crippen LogP contribution in [-0.4, -0.2) is 19.7 Å². The molecule has 0 saturated carbocycles. The van der Waals surface area contributed by atoms with Crippen LogP contribution in [0.1, 0.15) is 31.2 Å². The van der Waals surface area contributed by atoms with Gasteiger partial charge in [0.1, 0.15) is 12.4 Å². The quantitative estimate of drug-likeness (QED) is 0.837. The maximum absolute atomic E-state index is 6.26. The molecule has 0 atom stereocenters. The molecule has 1 fully saturated rings. The number of piperidine rings is 1. The fraction of sp³-hybridized carbons (Fsp3) is 0.467. The zero-order valence-electron chi connectivity index (χ0n) is 10.8. The Morgan fingerprint density at radius 3 is 2.78 bits per heavy atom. The molecule has 1 heterocycles. The smallest absolute Gasteiger partial charge is 0.138 e. The van der Waals surface area contributed by atoms with E-state index in [-0.39, 0.29) is 0 Å². The first-order chi connectivity index (χ1) is 8.66. The third-order valence-electron chi connectivity index (χ3n) is 3.24. The van der Waals surface area contributed by atoms with Crippen LogP contribution in [0.2, 0.25) is 5.02 Å². The molecule has 1 N–H and O–H groups in total. The van der Waals surface area contributed by atoms with Crippen molar-refractivity contribution in [3.63, 3.8) is 0 Å². The van der Waals surface area contributed by atoms with E-state index in [0.29, 0.717) is 17.5 Å². The molecule has 3 heteroatoms. The van der Waals surface area contributed by atoms with Crippen LogP contribution in [0.4, 0.5) is 0 Å². The molecule has 98 valence electrons. The molecule has 1 aromatic carbocycles. The van der Waals surface area contributed by atoms with Crippen LogP contribution in [0.5, 0.6) is 5.75 Å². The summed E-state index contributed by atoms with van der Waals surface area (Å²) in [7, 11) is 0. The van der Waals surface area contributed by atoms with Crippen LogP contribution in [-0.2, 0) is 0 Å². The zero-order chi connectivity index (χ0) is 13.0. The van der Waals surface area contributed by atoms with E-state index in [1.54, 1.807) is 0 Å². The van der Waals surface area contributed by atoms with Gasteiger partial charge in [0.05, 0.1) is 5.02 Å². The number of halogens is 1. The summed E-state index contributed by atoms with van der Waals surface area (Å²) in [6, 6.07) is 6.16. The van der Waals surface area contributed by atoms with E-state index < -0.39 is 0 Å². The van der Waals surface area contributed by atoms with Gasteiger partial charge in [-0.05, 0) is 62.0 Å². The number of hydrogen-bond acceptors (Lipinski definition) is 2. The highest BCUT2D eigenvalue weighted by Gasteiger charge is 2.16. The lowest BCUT2D eigenvalue weighted by Gasteiger charge is -2.23. The minimum Gasteiger partial charge on any atom is -0.488 e. The van der Waals surface area contributed by atoms with Crippen molar-refractivity contribution in [1.82, 2.24) is 5.32 Å². The number of rotatable bonds is 4. The predicted molar refractivity (Wildman–Crippen MR) is 76.6 cm³/mol. The first-order valence-electron chi connectivity index (χ1n) is 6.44. The second-order valence-corrected chi connectivity index (χ2v) is 5.37. The molecule has 1 saturated heterocycles. The predicted octanol–water partition coefficient (Wildman–Crippen LogP) is 3.76. The van der Waals surface area contributed by atoms with E-state index in [0.717, 1.165) is 24.4 Å². The lowest BCUT2D eigenvalue weighted by atomic mass is 9.90. The molecule has 0 radical (unpaired) electrons. The molecular formula is C15H20ClNO. The van der Waals surface area contributed by atoms with Crippen molar-refractivity contribution in [2.75, 3.05) is 19.7 Å². The number of ether oxygens (including phenoxy) is 1. The maximum atomic E-state index is 6.26. The molecule has 1 aliphatic rings. The van der Waals surface area contributed by atoms with Gasteiger partial charge in [0.25, 0.3) is 0 Å². The largest absolute Gasteiger partial charge is 0.488 e. The van der Waals surface area contributed by atoms with Gasteiger partial charge in [0.15, 0.2) is 0 Å². The third-order valence-corrected chi connectivity index (χ3v) is 3.54. The van der Waals surface area contributed by atoms with Crippen molar-refractivity contribution in [3.8, 4) is 5.75 Å². The van der Waals surface area contributed by atoms with Crippen molar-refractivity contribution >= 4 is 11.6 Å². The third kappa shape index (κ3) is 3.50. The van der Waals surface area contributed by atoms with Crippen molar-refractivity contribution in [2.24, 2.45) is 0 Å². The molecule has 1 aromatic rings. The highest BCUT2D eigenvalue weighted by molar-refractivity contribution is 6.32. The van der Waals surface area contributed by atoms with Crippen molar-refractivity contribution in [1.29, 1.82) is 0 Å². The molecule has 1 aliphatic heterocycles. The standard InChI is InChI=1S/C15H20ClNO/c1-11(2)10-18-15-4-3-13(9-14(15)16)12-5-7-17-8-6-12/h3-4,9,12,17H,1,5-8,10H2,2H3. The Kier molecular flexibility index (Phi) is 4.67. The summed E-state index contributed by atoms with van der Waals surface area (Å²) in [4.78, 5) is 0. The Labute approximate surface area is 114 Å². The minimum atomic E-state index is 0.520. The van der Waals surface area contributed by atoms with E-state index in [4.69, 9.17) is 16.3 Å². The van der Waals surface area contributed by atoms with Crippen LogP contribution in [0.25, 0.3) is 0 Å². The van der Waals surface area contributed by atoms with Crippen LogP contribution in [0, 0.1) is 0 Å². The first-order valence-corrected chi connectivity index (χ1v) is 6.82. The molecule has 2 rings (SSSR count). The minimum absolute atomic E-state index is 0.520. The summed E-state index contributed by atoms with van der Waals surface area (Å²) in [6.07, 6.45) is 2.37. The molecule has 0 amide bonds. The van der Waals surface area contributed by atoms with Crippen molar-refractivity contribution < 1.29 is 4.74 Å². The molecule has 2 nitrogen and oxygen atoms in total. The Morgan fingerprint density at radius 2 is 2.17 bits per heavy atom. The summed E-state index contributed by atoms with van der Waals surface area (Å²) in [5, 5.41) is 4.08. The molecule has 0 aromatic heterocycles. The number of nitrogens with one attached hydrogen (secondary N) is 1. The van der Waals surface area contributed by atoms with Crippen LogP contribution < -0.4 is 10.1 Å². The fourth-order valence-corrected chi connectivity index (χ4v) is 2.49. The monoisotopic (exact) mass is 265 g/mol. The van der Waals surface area contributed by atoms with Crippen LogP contribution >= 0.6 is 11.6 Å². The van der Waals surface area contributed by atoms with Crippen LogP contribution in [0.15, 0.2) is 30.4 Å². The van der Waals surface area contributed by atoms with Gasteiger partial charge in [-0.25, -0.2) is 0 Å². The average molecular weight is 266 g/mol.